The molecule has 8 heteroatoms. The van der Waals surface area contributed by atoms with E-state index in [1.165, 1.54) is 0 Å². The van der Waals surface area contributed by atoms with Gasteiger partial charge in [0.2, 0.25) is 0 Å². The van der Waals surface area contributed by atoms with E-state index in [1.807, 2.05) is 6.92 Å². The van der Waals surface area contributed by atoms with Crippen LogP contribution in [0.4, 0.5) is 9.18 Å². The van der Waals surface area contributed by atoms with Crippen molar-refractivity contribution in [2.24, 2.45) is 0 Å². The predicted octanol–water partition coefficient (Wildman–Crippen LogP) is 4.34. The number of halogens is 2. The van der Waals surface area contributed by atoms with Gasteiger partial charge in [0.15, 0.2) is 0 Å². The molecule has 0 saturated heterocycles. The summed E-state index contributed by atoms with van der Waals surface area (Å²) in [6.45, 7) is 2.48. The first-order chi connectivity index (χ1) is 13.4. The molecule has 0 bridgehead atoms. The smallest absolute Gasteiger partial charge is 0.412 e. The van der Waals surface area contributed by atoms with E-state index >= 15 is 0 Å². The van der Waals surface area contributed by atoms with Crippen LogP contribution in [0.15, 0.2) is 45.6 Å². The van der Waals surface area contributed by atoms with Gasteiger partial charge in [-0.15, -0.1) is 0 Å². The Morgan fingerprint density at radius 2 is 1.93 bits per heavy atom. The van der Waals surface area contributed by atoms with Crippen LogP contribution < -0.4 is 5.32 Å². The van der Waals surface area contributed by atoms with E-state index in [0.717, 1.165) is 42.9 Å². The van der Waals surface area contributed by atoms with Crippen molar-refractivity contribution >= 4 is 29.5 Å². The zero-order chi connectivity index (χ0) is 20.3. The lowest BCUT2D eigenvalue weighted by Gasteiger charge is -2.23. The highest BCUT2D eigenvalue weighted by Crippen LogP contribution is 2.40. The predicted molar refractivity (Wildman–Crippen MR) is 102 cm³/mol. The highest BCUT2D eigenvalue weighted by atomic mass is 35.5. The van der Waals surface area contributed by atoms with Gasteiger partial charge >= 0.3 is 6.09 Å². The van der Waals surface area contributed by atoms with Gasteiger partial charge in [0.1, 0.15) is 12.1 Å². The van der Waals surface area contributed by atoms with Crippen LogP contribution in [0, 0.1) is 0 Å². The Morgan fingerprint density at radius 3 is 2.54 bits per heavy atom. The molecule has 0 fully saturated rings. The van der Waals surface area contributed by atoms with Crippen LogP contribution in [0.1, 0.15) is 51.9 Å². The monoisotopic (exact) mass is 408 g/mol. The second-order valence-corrected chi connectivity index (χ2v) is 7.31. The molecule has 1 aliphatic heterocycles. The summed E-state index contributed by atoms with van der Waals surface area (Å²) in [5, 5.41) is 2.64. The number of hydrogen-bond acceptors (Lipinski definition) is 4. The van der Waals surface area contributed by atoms with E-state index in [9.17, 15) is 18.8 Å². The number of alkyl carbamates (subject to hydrolysis) is 1. The van der Waals surface area contributed by atoms with Gasteiger partial charge in [-0.05, 0) is 38.2 Å². The molecule has 150 valence electrons. The Bertz CT molecular complexity index is 813. The molecule has 3 aliphatic rings. The summed E-state index contributed by atoms with van der Waals surface area (Å²) < 4.78 is 19.6. The average molecular weight is 409 g/mol. The fourth-order valence-corrected chi connectivity index (χ4v) is 3.65. The second-order valence-electron chi connectivity index (χ2n) is 6.90. The van der Waals surface area contributed by atoms with Crippen LogP contribution in [-0.4, -0.2) is 29.4 Å². The van der Waals surface area contributed by atoms with Crippen molar-refractivity contribution in [3.8, 4) is 0 Å². The van der Waals surface area contributed by atoms with Crippen LogP contribution >= 0.6 is 11.6 Å². The maximum Gasteiger partial charge on any atom is 0.412 e. The first-order valence-electron chi connectivity index (χ1n) is 9.44. The standard InChI is InChI=1S/C20H22ClFN2O4/c1-2-3-8-23-20(27)28-11-12-9-17(16(22)10-15(12)21)24-18(25)13-6-4-5-7-14(13)19(24)26/h10-11H,2-9H2,1H3,(H,23,27). The third-order valence-corrected chi connectivity index (χ3v) is 5.31. The molecule has 0 unspecified atom stereocenters. The number of nitrogens with zero attached hydrogens (tertiary/aromatic N) is 1. The number of unbranched alkanes of at least 4 members (excludes halogenated alkanes) is 1. The Labute approximate surface area is 167 Å². The molecular formula is C20H22ClFN2O4. The molecule has 6 nitrogen and oxygen atoms in total. The first kappa shape index (κ1) is 20.3. The van der Waals surface area contributed by atoms with Crippen molar-refractivity contribution in [2.45, 2.75) is 51.9 Å². The lowest BCUT2D eigenvalue weighted by Crippen LogP contribution is -2.32. The van der Waals surface area contributed by atoms with E-state index in [2.05, 4.69) is 5.32 Å². The van der Waals surface area contributed by atoms with Crippen molar-refractivity contribution in [1.29, 1.82) is 0 Å². The molecule has 3 rings (SSSR count). The average Bonchev–Trinajstić information content (AvgIpc) is 2.93. The molecule has 1 N–H and O–H groups in total. The summed E-state index contributed by atoms with van der Waals surface area (Å²) in [6, 6.07) is 0. The SMILES string of the molecule is CCCCNC(=O)OC=C1CC(N2C(=O)C3=C(CCCC3)C2=O)=C(F)C=C1Cl. The van der Waals surface area contributed by atoms with Crippen molar-refractivity contribution in [1.82, 2.24) is 10.2 Å². The van der Waals surface area contributed by atoms with Crippen molar-refractivity contribution < 1.29 is 23.5 Å². The number of ether oxygens (including phenoxy) is 1. The highest BCUT2D eigenvalue weighted by molar-refractivity contribution is 6.32. The molecular weight excluding hydrogens is 387 g/mol. The molecule has 28 heavy (non-hydrogen) atoms. The van der Waals surface area contributed by atoms with Crippen molar-refractivity contribution in [2.75, 3.05) is 6.54 Å². The Balaban J connectivity index is 1.75. The maximum absolute atomic E-state index is 14.6. The third-order valence-electron chi connectivity index (χ3n) is 4.96. The van der Waals surface area contributed by atoms with E-state index in [0.29, 0.717) is 36.1 Å². The number of allylic oxidation sites excluding steroid dienone is 4. The molecule has 0 spiro atoms. The molecule has 0 aromatic rings. The minimum Gasteiger partial charge on any atom is -0.418 e. The van der Waals surface area contributed by atoms with Gasteiger partial charge in [0.05, 0.1) is 10.7 Å². The van der Waals surface area contributed by atoms with E-state index in [4.69, 9.17) is 16.3 Å². The lowest BCUT2D eigenvalue weighted by atomic mass is 9.93. The fraction of sp³-hybridized carbons (Fsp3) is 0.450. The maximum atomic E-state index is 14.6. The summed E-state index contributed by atoms with van der Waals surface area (Å²) in [4.78, 5) is 37.9. The zero-order valence-electron chi connectivity index (χ0n) is 15.6. The lowest BCUT2D eigenvalue weighted by molar-refractivity contribution is -0.135. The molecule has 0 aromatic carbocycles. The van der Waals surface area contributed by atoms with Crippen molar-refractivity contribution in [3.05, 3.63) is 45.6 Å². The topological polar surface area (TPSA) is 75.7 Å². The third kappa shape index (κ3) is 4.04. The largest absolute Gasteiger partial charge is 0.418 e. The molecule has 1 heterocycles. The van der Waals surface area contributed by atoms with E-state index in [-0.39, 0.29) is 17.2 Å². The molecule has 0 aromatic heterocycles. The van der Waals surface area contributed by atoms with Gasteiger partial charge in [-0.1, -0.05) is 24.9 Å². The number of nitrogens with one attached hydrogen (secondary N) is 1. The summed E-state index contributed by atoms with van der Waals surface area (Å²) in [5.74, 6) is -1.67. The van der Waals surface area contributed by atoms with Gasteiger partial charge in [0, 0.05) is 29.7 Å². The fourth-order valence-electron chi connectivity index (χ4n) is 3.44. The molecule has 0 radical (unpaired) electrons. The molecule has 0 saturated carbocycles. The van der Waals surface area contributed by atoms with E-state index in [1.54, 1.807) is 0 Å². The van der Waals surface area contributed by atoms with Gasteiger partial charge in [0.25, 0.3) is 11.8 Å². The number of amides is 3. The minimum absolute atomic E-state index is 0.0550. The summed E-state index contributed by atoms with van der Waals surface area (Å²) in [6.07, 6.45) is 5.88. The Hall–Kier alpha value is -2.41. The number of carbonyl (C=O) groups excluding carboxylic acids is 3. The highest BCUT2D eigenvalue weighted by Gasteiger charge is 2.42. The number of imide groups is 1. The summed E-state index contributed by atoms with van der Waals surface area (Å²) >= 11 is 6.06. The number of hydrogen-bond donors (Lipinski definition) is 1. The molecule has 2 aliphatic carbocycles. The van der Waals surface area contributed by atoms with Crippen molar-refractivity contribution in [3.63, 3.8) is 0 Å². The van der Waals surface area contributed by atoms with Crippen LogP contribution in [-0.2, 0) is 14.3 Å². The summed E-state index contributed by atoms with van der Waals surface area (Å²) in [5.41, 5.74) is 1.20. The number of rotatable bonds is 5. The molecule has 0 atom stereocenters. The normalized spacial score (nSPS) is 21.3. The second kappa shape index (κ2) is 8.73. The Morgan fingerprint density at radius 1 is 1.29 bits per heavy atom. The quantitative estimate of drug-likeness (QED) is 0.417. The number of carbonyl (C=O) groups is 3. The Kier molecular flexibility index (Phi) is 6.34. The van der Waals surface area contributed by atoms with E-state index < -0.39 is 23.7 Å². The van der Waals surface area contributed by atoms with Gasteiger partial charge in [-0.25, -0.2) is 14.1 Å². The van der Waals surface area contributed by atoms with Crippen LogP contribution in [0.2, 0.25) is 0 Å². The summed E-state index contributed by atoms with van der Waals surface area (Å²) in [7, 11) is 0. The van der Waals surface area contributed by atoms with Gasteiger partial charge < -0.3 is 10.1 Å². The van der Waals surface area contributed by atoms with Crippen LogP contribution in [0.25, 0.3) is 0 Å². The van der Waals surface area contributed by atoms with Gasteiger partial charge in [-0.3, -0.25) is 9.59 Å². The van der Waals surface area contributed by atoms with Crippen LogP contribution in [0.5, 0.6) is 0 Å². The first-order valence-corrected chi connectivity index (χ1v) is 9.82. The van der Waals surface area contributed by atoms with Gasteiger partial charge in [-0.2, -0.15) is 0 Å². The van der Waals surface area contributed by atoms with Crippen LogP contribution in [0.3, 0.4) is 0 Å². The molecule has 3 amide bonds. The zero-order valence-corrected chi connectivity index (χ0v) is 16.4. The minimum atomic E-state index is -0.740.